The van der Waals surface area contributed by atoms with Gasteiger partial charge in [-0.1, -0.05) is 91.0 Å². The second-order valence-corrected chi connectivity index (χ2v) is 11.2. The lowest BCUT2D eigenvalue weighted by atomic mass is 9.94. The van der Waals surface area contributed by atoms with Crippen LogP contribution in [-0.4, -0.2) is 19.9 Å². The Kier molecular flexibility index (Phi) is 7.14. The number of rotatable bonds is 6. The van der Waals surface area contributed by atoms with E-state index in [4.69, 9.17) is 9.97 Å². The first-order valence-corrected chi connectivity index (χ1v) is 15.3. The molecule has 4 heteroatoms. The van der Waals surface area contributed by atoms with E-state index in [1.54, 1.807) is 0 Å². The normalized spacial score (nSPS) is 11.0. The van der Waals surface area contributed by atoms with Gasteiger partial charge in [-0.15, -0.1) is 0 Å². The van der Waals surface area contributed by atoms with E-state index in [1.165, 1.54) is 0 Å². The van der Waals surface area contributed by atoms with Gasteiger partial charge in [0, 0.05) is 41.3 Å². The molecular formula is C42H28N4. The lowest BCUT2D eigenvalue weighted by Crippen LogP contribution is -1.97. The average Bonchev–Trinajstić information content (AvgIpc) is 3.15. The minimum atomic E-state index is 0.683. The molecule has 0 N–H and O–H groups in total. The van der Waals surface area contributed by atoms with Gasteiger partial charge in [-0.25, -0.2) is 9.97 Å². The molecule has 0 saturated heterocycles. The molecule has 3 aromatic heterocycles. The number of benzene rings is 5. The van der Waals surface area contributed by atoms with Crippen LogP contribution in [0.3, 0.4) is 0 Å². The summed E-state index contributed by atoms with van der Waals surface area (Å²) in [6, 6.07) is 50.7. The SMILES string of the molecule is c1ccc(-c2ccc3c(-c4ccccc4)nc(-c4cc(-c5ccncc5)cc(-c5ccc(-c6ccncc6)cc5)c4)nc3c2)cc1. The topological polar surface area (TPSA) is 51.6 Å². The Bertz CT molecular complexity index is 2270. The highest BCUT2D eigenvalue weighted by Crippen LogP contribution is 2.36. The van der Waals surface area contributed by atoms with E-state index in [2.05, 4.69) is 119 Å². The number of aromatic nitrogens is 4. The summed E-state index contributed by atoms with van der Waals surface area (Å²) in [5.41, 5.74) is 12.8. The van der Waals surface area contributed by atoms with Crippen LogP contribution in [0.4, 0.5) is 0 Å². The van der Waals surface area contributed by atoms with Gasteiger partial charge in [0.1, 0.15) is 0 Å². The summed E-state index contributed by atoms with van der Waals surface area (Å²) < 4.78 is 0. The van der Waals surface area contributed by atoms with Gasteiger partial charge in [0.05, 0.1) is 11.2 Å². The van der Waals surface area contributed by atoms with Gasteiger partial charge in [-0.3, -0.25) is 9.97 Å². The zero-order valence-corrected chi connectivity index (χ0v) is 25.0. The monoisotopic (exact) mass is 588 g/mol. The lowest BCUT2D eigenvalue weighted by Gasteiger charge is -2.14. The van der Waals surface area contributed by atoms with E-state index in [0.717, 1.165) is 72.2 Å². The van der Waals surface area contributed by atoms with Crippen molar-refractivity contribution < 1.29 is 0 Å². The number of nitrogens with zero attached hydrogens (tertiary/aromatic N) is 4. The van der Waals surface area contributed by atoms with Crippen molar-refractivity contribution in [2.45, 2.75) is 0 Å². The standard InChI is InChI=1S/C42H28N4/c1-3-7-29(8-4-1)35-15-16-39-40(28-35)45-42(46-41(39)34-9-5-2-6-10-34)38-26-36(25-37(27-38)33-19-23-44-24-20-33)31-13-11-30(12-14-31)32-17-21-43-22-18-32/h1-28H. The van der Waals surface area contributed by atoms with Crippen molar-refractivity contribution in [3.05, 3.63) is 170 Å². The fourth-order valence-electron chi connectivity index (χ4n) is 5.92. The van der Waals surface area contributed by atoms with Crippen molar-refractivity contribution in [1.29, 1.82) is 0 Å². The van der Waals surface area contributed by atoms with Crippen molar-refractivity contribution in [3.8, 4) is 67.2 Å². The highest BCUT2D eigenvalue weighted by atomic mass is 14.9. The van der Waals surface area contributed by atoms with E-state index in [-0.39, 0.29) is 0 Å². The maximum atomic E-state index is 5.24. The van der Waals surface area contributed by atoms with Crippen LogP contribution in [0.5, 0.6) is 0 Å². The minimum Gasteiger partial charge on any atom is -0.265 e. The Balaban J connectivity index is 1.32. The molecule has 8 rings (SSSR count). The van der Waals surface area contributed by atoms with Crippen LogP contribution in [0.15, 0.2) is 170 Å². The molecule has 0 spiro atoms. The minimum absolute atomic E-state index is 0.683. The highest BCUT2D eigenvalue weighted by molar-refractivity contribution is 5.96. The van der Waals surface area contributed by atoms with Gasteiger partial charge >= 0.3 is 0 Å². The molecule has 0 unspecified atom stereocenters. The maximum absolute atomic E-state index is 5.24. The molecule has 46 heavy (non-hydrogen) atoms. The van der Waals surface area contributed by atoms with Crippen molar-refractivity contribution in [2.24, 2.45) is 0 Å². The Morgan fingerprint density at radius 1 is 0.304 bits per heavy atom. The first kappa shape index (κ1) is 27.3. The zero-order chi connectivity index (χ0) is 30.7. The molecule has 0 radical (unpaired) electrons. The predicted octanol–water partition coefficient (Wildman–Crippen LogP) is 10.4. The molecular weight excluding hydrogens is 560 g/mol. The molecule has 3 heterocycles. The highest BCUT2D eigenvalue weighted by Gasteiger charge is 2.15. The first-order valence-electron chi connectivity index (χ1n) is 15.3. The fourth-order valence-corrected chi connectivity index (χ4v) is 5.92. The van der Waals surface area contributed by atoms with Crippen molar-refractivity contribution >= 4 is 10.9 Å². The van der Waals surface area contributed by atoms with Gasteiger partial charge in [0.2, 0.25) is 0 Å². The van der Waals surface area contributed by atoms with Crippen LogP contribution in [-0.2, 0) is 0 Å². The summed E-state index contributed by atoms with van der Waals surface area (Å²) in [6.07, 6.45) is 7.31. The Hall–Kier alpha value is -6.26. The van der Waals surface area contributed by atoms with E-state index in [9.17, 15) is 0 Å². The van der Waals surface area contributed by atoms with Crippen molar-refractivity contribution in [1.82, 2.24) is 19.9 Å². The molecule has 8 aromatic rings. The molecule has 0 aliphatic rings. The summed E-state index contributed by atoms with van der Waals surface area (Å²) in [7, 11) is 0. The van der Waals surface area contributed by atoms with E-state index in [0.29, 0.717) is 5.82 Å². The molecule has 0 aliphatic heterocycles. The Morgan fingerprint density at radius 2 is 0.761 bits per heavy atom. The molecule has 216 valence electrons. The van der Waals surface area contributed by atoms with Crippen LogP contribution in [0.2, 0.25) is 0 Å². The summed E-state index contributed by atoms with van der Waals surface area (Å²) >= 11 is 0. The van der Waals surface area contributed by atoms with Crippen LogP contribution in [0, 0.1) is 0 Å². The van der Waals surface area contributed by atoms with Gasteiger partial charge < -0.3 is 0 Å². The summed E-state index contributed by atoms with van der Waals surface area (Å²) in [6.45, 7) is 0. The van der Waals surface area contributed by atoms with Crippen LogP contribution < -0.4 is 0 Å². The predicted molar refractivity (Wildman–Crippen MR) is 188 cm³/mol. The smallest absolute Gasteiger partial charge is 0.160 e. The van der Waals surface area contributed by atoms with Gasteiger partial charge in [-0.2, -0.15) is 0 Å². The third kappa shape index (κ3) is 5.44. The molecule has 0 fully saturated rings. The average molecular weight is 589 g/mol. The van der Waals surface area contributed by atoms with E-state index < -0.39 is 0 Å². The fraction of sp³-hybridized carbons (Fsp3) is 0. The Morgan fingerprint density at radius 3 is 1.37 bits per heavy atom. The number of fused-ring (bicyclic) bond motifs is 1. The lowest BCUT2D eigenvalue weighted by molar-refractivity contribution is 1.23. The van der Waals surface area contributed by atoms with E-state index in [1.807, 2.05) is 61.2 Å². The third-order valence-electron chi connectivity index (χ3n) is 8.29. The quantitative estimate of drug-likeness (QED) is 0.194. The largest absolute Gasteiger partial charge is 0.265 e. The van der Waals surface area contributed by atoms with Crippen LogP contribution >= 0.6 is 0 Å². The van der Waals surface area contributed by atoms with Crippen molar-refractivity contribution in [3.63, 3.8) is 0 Å². The second-order valence-electron chi connectivity index (χ2n) is 11.2. The molecule has 0 bridgehead atoms. The summed E-state index contributed by atoms with van der Waals surface area (Å²) in [4.78, 5) is 18.9. The Labute approximate surface area is 267 Å². The summed E-state index contributed by atoms with van der Waals surface area (Å²) in [5.74, 6) is 0.683. The second kappa shape index (κ2) is 12.0. The van der Waals surface area contributed by atoms with Gasteiger partial charge in [-0.05, 0) is 99.1 Å². The van der Waals surface area contributed by atoms with Crippen molar-refractivity contribution in [2.75, 3.05) is 0 Å². The summed E-state index contributed by atoms with van der Waals surface area (Å²) in [5, 5.41) is 1.02. The van der Waals surface area contributed by atoms with Crippen LogP contribution in [0.25, 0.3) is 78.1 Å². The first-order chi connectivity index (χ1) is 22.8. The van der Waals surface area contributed by atoms with Crippen LogP contribution in [0.1, 0.15) is 0 Å². The zero-order valence-electron chi connectivity index (χ0n) is 25.0. The third-order valence-corrected chi connectivity index (χ3v) is 8.29. The van der Waals surface area contributed by atoms with E-state index >= 15 is 0 Å². The molecule has 0 saturated carbocycles. The van der Waals surface area contributed by atoms with Gasteiger partial charge in [0.25, 0.3) is 0 Å². The number of hydrogen-bond donors (Lipinski definition) is 0. The maximum Gasteiger partial charge on any atom is 0.160 e. The molecule has 0 atom stereocenters. The molecule has 0 aliphatic carbocycles. The van der Waals surface area contributed by atoms with Gasteiger partial charge in [0.15, 0.2) is 5.82 Å². The molecule has 5 aromatic carbocycles. The number of hydrogen-bond acceptors (Lipinski definition) is 4. The molecule has 0 amide bonds. The molecule has 4 nitrogen and oxygen atoms in total. The number of pyridine rings is 2.